The second-order valence-corrected chi connectivity index (χ2v) is 10.8. The fourth-order valence-electron chi connectivity index (χ4n) is 5.16. The summed E-state index contributed by atoms with van der Waals surface area (Å²) < 4.78 is 16.1. The number of ether oxygens (including phenoxy) is 3. The van der Waals surface area contributed by atoms with Crippen LogP contribution in [-0.2, 0) is 6.61 Å². The van der Waals surface area contributed by atoms with Crippen molar-refractivity contribution >= 4 is 21.5 Å². The Hall–Kier alpha value is -6.28. The Morgan fingerprint density at radius 1 is 0.553 bits per heavy atom. The number of aromatic nitrogens is 2. The predicted octanol–water partition coefficient (Wildman–Crippen LogP) is 7.69. The van der Waals surface area contributed by atoms with E-state index in [-0.39, 0.29) is 16.9 Å². The highest BCUT2D eigenvalue weighted by molar-refractivity contribution is 5.87. The van der Waals surface area contributed by atoms with Crippen molar-refractivity contribution in [2.45, 2.75) is 6.61 Å². The van der Waals surface area contributed by atoms with Crippen LogP contribution in [0.3, 0.4) is 0 Å². The number of methoxy groups -OCH3 is 2. The number of phenols is 1. The van der Waals surface area contributed by atoms with E-state index in [1.807, 2.05) is 91.0 Å². The molecule has 47 heavy (non-hydrogen) atoms. The van der Waals surface area contributed by atoms with Gasteiger partial charge in [-0.1, -0.05) is 42.5 Å². The molecule has 0 aliphatic rings. The van der Waals surface area contributed by atoms with Crippen molar-refractivity contribution in [2.75, 3.05) is 14.2 Å². The molecule has 0 amide bonds. The Morgan fingerprint density at radius 3 is 1.51 bits per heavy atom. The summed E-state index contributed by atoms with van der Waals surface area (Å²) in [6.45, 7) is 0.523. The summed E-state index contributed by atoms with van der Waals surface area (Å²) in [4.78, 5) is 30.4. The average molecular weight is 625 g/mol. The van der Waals surface area contributed by atoms with Crippen LogP contribution in [0.25, 0.3) is 44.1 Å². The fourth-order valence-corrected chi connectivity index (χ4v) is 5.16. The van der Waals surface area contributed by atoms with Gasteiger partial charge in [-0.2, -0.15) is 0 Å². The van der Waals surface area contributed by atoms with Gasteiger partial charge < -0.3 is 29.3 Å². The Bertz CT molecular complexity index is 2260. The Labute approximate surface area is 270 Å². The monoisotopic (exact) mass is 624 g/mol. The molecule has 0 saturated carbocycles. The van der Waals surface area contributed by atoms with Crippen LogP contribution in [0, 0.1) is 0 Å². The molecular weight excluding hydrogens is 592 g/mol. The van der Waals surface area contributed by atoms with Crippen LogP contribution >= 0.6 is 0 Å². The average Bonchev–Trinajstić information content (AvgIpc) is 3.11. The van der Waals surface area contributed by atoms with Crippen molar-refractivity contribution in [3.63, 3.8) is 0 Å². The van der Waals surface area contributed by atoms with Crippen LogP contribution in [0.4, 0.5) is 0 Å². The van der Waals surface area contributed by atoms with Gasteiger partial charge in [0.05, 0.1) is 25.0 Å². The Morgan fingerprint density at radius 2 is 1.02 bits per heavy atom. The molecule has 234 valence electrons. The van der Waals surface area contributed by atoms with Gasteiger partial charge in [0.1, 0.15) is 29.6 Å². The summed E-state index contributed by atoms with van der Waals surface area (Å²) in [6, 6.07) is 39.2. The minimum Gasteiger partial charge on any atom is -0.508 e. The molecule has 7 rings (SSSR count). The first-order chi connectivity index (χ1) is 22.9. The summed E-state index contributed by atoms with van der Waals surface area (Å²) in [5, 5.41) is 12.2. The number of aromatic amines is 2. The molecule has 0 fully saturated rings. The van der Waals surface area contributed by atoms with E-state index < -0.39 is 0 Å². The molecule has 2 heterocycles. The molecule has 0 radical (unpaired) electrons. The summed E-state index contributed by atoms with van der Waals surface area (Å²) in [7, 11) is 3.16. The zero-order chi connectivity index (χ0) is 32.8. The van der Waals surface area contributed by atoms with E-state index in [0.717, 1.165) is 38.9 Å². The molecule has 8 heteroatoms. The molecule has 0 aliphatic heterocycles. The zero-order valence-corrected chi connectivity index (χ0v) is 25.8. The van der Waals surface area contributed by atoms with Crippen molar-refractivity contribution in [3.05, 3.63) is 154 Å². The van der Waals surface area contributed by atoms with E-state index in [0.29, 0.717) is 34.6 Å². The number of pyridine rings is 2. The third-order valence-electron chi connectivity index (χ3n) is 7.70. The van der Waals surface area contributed by atoms with Crippen LogP contribution in [-0.4, -0.2) is 29.3 Å². The van der Waals surface area contributed by atoms with E-state index in [2.05, 4.69) is 9.97 Å². The first kappa shape index (κ1) is 30.7. The SMILES string of the molecule is COc1ccc2cc(-c3ccc(O)cc3)[nH]c(=O)c2c1.COc1ccc2cc(-c3ccc(OCc4ccccc4)cc3)[nH]c(=O)c2c1. The van der Waals surface area contributed by atoms with Crippen molar-refractivity contribution in [3.8, 4) is 45.5 Å². The number of aromatic hydroxyl groups is 1. The smallest absolute Gasteiger partial charge is 0.256 e. The van der Waals surface area contributed by atoms with Gasteiger partial charge in [0.25, 0.3) is 11.1 Å². The second kappa shape index (κ2) is 13.8. The third kappa shape index (κ3) is 7.18. The molecule has 2 aromatic heterocycles. The number of nitrogens with one attached hydrogen (secondary N) is 2. The quantitative estimate of drug-likeness (QED) is 0.168. The number of phenolic OH excluding ortho intramolecular Hbond substituents is 1. The van der Waals surface area contributed by atoms with Gasteiger partial charge in [-0.3, -0.25) is 9.59 Å². The molecule has 5 aromatic carbocycles. The normalized spacial score (nSPS) is 10.7. The predicted molar refractivity (Wildman–Crippen MR) is 186 cm³/mol. The molecule has 8 nitrogen and oxygen atoms in total. The number of rotatable bonds is 7. The van der Waals surface area contributed by atoms with Gasteiger partial charge in [0.2, 0.25) is 0 Å². The maximum Gasteiger partial charge on any atom is 0.256 e. The Kier molecular flexibility index (Phi) is 9.02. The Balaban J connectivity index is 0.000000172. The molecule has 0 spiro atoms. The molecule has 0 aliphatic carbocycles. The van der Waals surface area contributed by atoms with Gasteiger partial charge >= 0.3 is 0 Å². The number of hydrogen-bond donors (Lipinski definition) is 3. The van der Waals surface area contributed by atoms with Crippen molar-refractivity contribution in [1.82, 2.24) is 9.97 Å². The van der Waals surface area contributed by atoms with Gasteiger partial charge in [0.15, 0.2) is 0 Å². The molecule has 0 saturated heterocycles. The van der Waals surface area contributed by atoms with Crippen molar-refractivity contribution in [1.29, 1.82) is 0 Å². The summed E-state index contributed by atoms with van der Waals surface area (Å²) in [5.41, 5.74) is 4.08. The van der Waals surface area contributed by atoms with E-state index in [1.54, 1.807) is 50.6 Å². The van der Waals surface area contributed by atoms with Crippen LogP contribution in [0.1, 0.15) is 5.56 Å². The van der Waals surface area contributed by atoms with Gasteiger partial charge in [-0.05, 0) is 112 Å². The molecule has 0 bridgehead atoms. The minimum absolute atomic E-state index is 0.134. The lowest BCUT2D eigenvalue weighted by Crippen LogP contribution is -2.07. The third-order valence-corrected chi connectivity index (χ3v) is 7.70. The van der Waals surface area contributed by atoms with Gasteiger partial charge in [0, 0.05) is 11.4 Å². The molecule has 0 unspecified atom stereocenters. The number of benzene rings is 5. The number of H-pyrrole nitrogens is 2. The van der Waals surface area contributed by atoms with E-state index in [1.165, 1.54) is 0 Å². The van der Waals surface area contributed by atoms with Gasteiger partial charge in [-0.25, -0.2) is 0 Å². The molecular formula is C39H32N2O6. The van der Waals surface area contributed by atoms with Crippen LogP contribution < -0.4 is 25.3 Å². The number of hydrogen-bond acceptors (Lipinski definition) is 6. The minimum atomic E-state index is -0.163. The largest absolute Gasteiger partial charge is 0.508 e. The maximum absolute atomic E-state index is 12.4. The topological polar surface area (TPSA) is 114 Å². The highest BCUT2D eigenvalue weighted by Crippen LogP contribution is 2.26. The van der Waals surface area contributed by atoms with Crippen molar-refractivity contribution in [2.24, 2.45) is 0 Å². The van der Waals surface area contributed by atoms with E-state index in [9.17, 15) is 14.7 Å². The van der Waals surface area contributed by atoms with E-state index >= 15 is 0 Å². The summed E-state index contributed by atoms with van der Waals surface area (Å²) in [5.74, 6) is 2.30. The first-order valence-electron chi connectivity index (χ1n) is 14.9. The molecule has 0 atom stereocenters. The summed E-state index contributed by atoms with van der Waals surface area (Å²) >= 11 is 0. The molecule has 3 N–H and O–H groups in total. The van der Waals surface area contributed by atoms with Crippen molar-refractivity contribution < 1.29 is 19.3 Å². The maximum atomic E-state index is 12.4. The standard InChI is InChI=1S/C23H19NO3.C16H13NO3/c1-26-20-12-9-18-13-22(24-23(25)21(18)14-20)17-7-10-19(11-8-17)27-15-16-5-3-2-4-6-16;1-20-13-7-4-11-8-15(17-16(19)14(11)9-13)10-2-5-12(18)6-3-10/h2-14H,15H2,1H3,(H,24,25);2-9,18H,1H3,(H,17,19). The second-order valence-electron chi connectivity index (χ2n) is 10.8. The lowest BCUT2D eigenvalue weighted by molar-refractivity contribution is 0.306. The van der Waals surface area contributed by atoms with Crippen LogP contribution in [0.5, 0.6) is 23.0 Å². The highest BCUT2D eigenvalue weighted by atomic mass is 16.5. The number of fused-ring (bicyclic) bond motifs is 2. The highest BCUT2D eigenvalue weighted by Gasteiger charge is 2.08. The van der Waals surface area contributed by atoms with Crippen LogP contribution in [0.15, 0.2) is 137 Å². The van der Waals surface area contributed by atoms with Gasteiger partial charge in [-0.15, -0.1) is 0 Å². The lowest BCUT2D eigenvalue weighted by atomic mass is 10.1. The lowest BCUT2D eigenvalue weighted by Gasteiger charge is -2.08. The molecule has 7 aromatic rings. The fraction of sp³-hybridized carbons (Fsp3) is 0.0769. The first-order valence-corrected chi connectivity index (χ1v) is 14.9. The summed E-state index contributed by atoms with van der Waals surface area (Å²) in [6.07, 6.45) is 0. The van der Waals surface area contributed by atoms with E-state index in [4.69, 9.17) is 14.2 Å². The zero-order valence-electron chi connectivity index (χ0n) is 25.8. The van der Waals surface area contributed by atoms with Crippen LogP contribution in [0.2, 0.25) is 0 Å².